The lowest BCUT2D eigenvalue weighted by Crippen LogP contribution is -2.13. The van der Waals surface area contributed by atoms with Gasteiger partial charge in [-0.1, -0.05) is 6.07 Å². The van der Waals surface area contributed by atoms with E-state index < -0.39 is 6.09 Å². The Kier molecular flexibility index (Phi) is 3.79. The summed E-state index contributed by atoms with van der Waals surface area (Å²) in [6.07, 6.45) is -0.458. The van der Waals surface area contributed by atoms with Crippen LogP contribution in [0.2, 0.25) is 0 Å². The summed E-state index contributed by atoms with van der Waals surface area (Å²) < 4.78 is 9.73. The van der Waals surface area contributed by atoms with Crippen molar-refractivity contribution in [1.82, 2.24) is 0 Å². The quantitative estimate of drug-likeness (QED) is 0.804. The van der Waals surface area contributed by atoms with Crippen LogP contribution in [-0.4, -0.2) is 19.8 Å². The van der Waals surface area contributed by atoms with Gasteiger partial charge in [-0.2, -0.15) is 0 Å². The van der Waals surface area contributed by atoms with Crippen LogP contribution in [-0.2, 0) is 4.74 Å². The number of anilines is 1. The van der Waals surface area contributed by atoms with Gasteiger partial charge in [-0.05, 0) is 19.1 Å². The van der Waals surface area contributed by atoms with Crippen LogP contribution in [0.4, 0.5) is 10.5 Å². The van der Waals surface area contributed by atoms with E-state index in [9.17, 15) is 4.79 Å². The third-order valence-electron chi connectivity index (χ3n) is 1.59. The maximum atomic E-state index is 11.0. The Labute approximate surface area is 82.8 Å². The standard InChI is InChI=1S/C10H13NO3/c1-3-14-10(12)11-8-5-4-6-9(7-8)13-2/h4-7H,3H2,1-2H3,(H,11,12). The van der Waals surface area contributed by atoms with Gasteiger partial charge in [0.25, 0.3) is 0 Å². The highest BCUT2D eigenvalue weighted by molar-refractivity contribution is 5.84. The Hall–Kier alpha value is -1.71. The van der Waals surface area contributed by atoms with Crippen molar-refractivity contribution in [3.05, 3.63) is 24.3 Å². The van der Waals surface area contributed by atoms with Crippen molar-refractivity contribution in [3.8, 4) is 5.75 Å². The van der Waals surface area contributed by atoms with Crippen LogP contribution in [0.25, 0.3) is 0 Å². The van der Waals surface area contributed by atoms with Gasteiger partial charge in [0.15, 0.2) is 0 Å². The van der Waals surface area contributed by atoms with E-state index in [-0.39, 0.29) is 0 Å². The molecule has 76 valence electrons. The van der Waals surface area contributed by atoms with Crippen molar-refractivity contribution in [2.45, 2.75) is 6.92 Å². The summed E-state index contributed by atoms with van der Waals surface area (Å²) in [4.78, 5) is 11.0. The normalized spacial score (nSPS) is 9.29. The molecule has 0 aliphatic carbocycles. The zero-order chi connectivity index (χ0) is 10.4. The molecule has 0 spiro atoms. The predicted octanol–water partition coefficient (Wildman–Crippen LogP) is 2.26. The second kappa shape index (κ2) is 5.11. The number of hydrogen-bond acceptors (Lipinski definition) is 3. The molecule has 1 rings (SSSR count). The van der Waals surface area contributed by atoms with E-state index in [0.29, 0.717) is 18.0 Å². The lowest BCUT2D eigenvalue weighted by atomic mass is 10.3. The molecule has 0 radical (unpaired) electrons. The second-order valence-electron chi connectivity index (χ2n) is 2.58. The van der Waals surface area contributed by atoms with Gasteiger partial charge in [0, 0.05) is 11.8 Å². The topological polar surface area (TPSA) is 47.6 Å². The monoisotopic (exact) mass is 195 g/mol. The van der Waals surface area contributed by atoms with Gasteiger partial charge in [0.2, 0.25) is 0 Å². The Bertz CT molecular complexity index is 312. The minimum Gasteiger partial charge on any atom is -0.497 e. The molecule has 0 heterocycles. The zero-order valence-electron chi connectivity index (χ0n) is 8.24. The van der Waals surface area contributed by atoms with E-state index in [1.165, 1.54) is 0 Å². The zero-order valence-corrected chi connectivity index (χ0v) is 8.24. The largest absolute Gasteiger partial charge is 0.497 e. The van der Waals surface area contributed by atoms with Crippen molar-refractivity contribution in [3.63, 3.8) is 0 Å². The van der Waals surface area contributed by atoms with E-state index in [2.05, 4.69) is 5.32 Å². The van der Waals surface area contributed by atoms with E-state index in [0.717, 1.165) is 0 Å². The van der Waals surface area contributed by atoms with Gasteiger partial charge < -0.3 is 9.47 Å². The van der Waals surface area contributed by atoms with Gasteiger partial charge in [-0.3, -0.25) is 5.32 Å². The first-order chi connectivity index (χ1) is 6.76. The second-order valence-corrected chi connectivity index (χ2v) is 2.58. The Morgan fingerprint density at radius 2 is 2.29 bits per heavy atom. The first-order valence-corrected chi connectivity index (χ1v) is 4.34. The molecule has 14 heavy (non-hydrogen) atoms. The molecule has 0 unspecified atom stereocenters. The highest BCUT2D eigenvalue weighted by Gasteiger charge is 2.01. The van der Waals surface area contributed by atoms with Crippen molar-refractivity contribution in [1.29, 1.82) is 0 Å². The van der Waals surface area contributed by atoms with E-state index >= 15 is 0 Å². The number of benzene rings is 1. The van der Waals surface area contributed by atoms with Crippen molar-refractivity contribution < 1.29 is 14.3 Å². The Morgan fingerprint density at radius 3 is 2.93 bits per heavy atom. The summed E-state index contributed by atoms with van der Waals surface area (Å²) >= 11 is 0. The molecule has 1 aromatic rings. The van der Waals surface area contributed by atoms with Crippen LogP contribution in [0.5, 0.6) is 5.75 Å². The van der Waals surface area contributed by atoms with Gasteiger partial charge in [-0.15, -0.1) is 0 Å². The van der Waals surface area contributed by atoms with Crippen molar-refractivity contribution >= 4 is 11.8 Å². The highest BCUT2D eigenvalue weighted by Crippen LogP contribution is 2.16. The van der Waals surface area contributed by atoms with Crippen molar-refractivity contribution in [2.24, 2.45) is 0 Å². The minimum atomic E-state index is -0.458. The molecule has 1 aromatic carbocycles. The maximum absolute atomic E-state index is 11.0. The third-order valence-corrected chi connectivity index (χ3v) is 1.59. The van der Waals surface area contributed by atoms with Crippen LogP contribution in [0.1, 0.15) is 6.92 Å². The van der Waals surface area contributed by atoms with Crippen LogP contribution >= 0.6 is 0 Å². The van der Waals surface area contributed by atoms with E-state index in [1.807, 2.05) is 0 Å². The van der Waals surface area contributed by atoms with Crippen molar-refractivity contribution in [2.75, 3.05) is 19.0 Å². The Morgan fingerprint density at radius 1 is 1.50 bits per heavy atom. The molecular weight excluding hydrogens is 182 g/mol. The Balaban J connectivity index is 2.62. The molecule has 4 heteroatoms. The predicted molar refractivity (Wildman–Crippen MR) is 53.6 cm³/mol. The van der Waals surface area contributed by atoms with Crippen LogP contribution in [0, 0.1) is 0 Å². The van der Waals surface area contributed by atoms with E-state index in [1.54, 1.807) is 38.3 Å². The summed E-state index contributed by atoms with van der Waals surface area (Å²) in [5, 5.41) is 2.58. The number of ether oxygens (including phenoxy) is 2. The average Bonchev–Trinajstić information content (AvgIpc) is 2.18. The number of hydrogen-bond donors (Lipinski definition) is 1. The van der Waals surface area contributed by atoms with Crippen LogP contribution < -0.4 is 10.1 Å². The molecule has 0 fully saturated rings. The molecule has 0 aromatic heterocycles. The maximum Gasteiger partial charge on any atom is 0.411 e. The summed E-state index contributed by atoms with van der Waals surface area (Å²) in [7, 11) is 1.57. The molecule has 0 saturated heterocycles. The van der Waals surface area contributed by atoms with Gasteiger partial charge >= 0.3 is 6.09 Å². The fourth-order valence-corrected chi connectivity index (χ4v) is 0.986. The number of carbonyl (C=O) groups is 1. The van der Waals surface area contributed by atoms with Gasteiger partial charge in [0.05, 0.1) is 13.7 Å². The minimum absolute atomic E-state index is 0.357. The number of methoxy groups -OCH3 is 1. The molecule has 0 aliphatic rings. The highest BCUT2D eigenvalue weighted by atomic mass is 16.5. The first-order valence-electron chi connectivity index (χ1n) is 4.34. The van der Waals surface area contributed by atoms with Crippen LogP contribution in [0.3, 0.4) is 0 Å². The van der Waals surface area contributed by atoms with E-state index in [4.69, 9.17) is 9.47 Å². The smallest absolute Gasteiger partial charge is 0.411 e. The molecule has 0 atom stereocenters. The molecular formula is C10H13NO3. The molecule has 0 aliphatic heterocycles. The average molecular weight is 195 g/mol. The molecule has 1 N–H and O–H groups in total. The lowest BCUT2D eigenvalue weighted by Gasteiger charge is -2.06. The van der Waals surface area contributed by atoms with Gasteiger partial charge in [-0.25, -0.2) is 4.79 Å². The molecule has 4 nitrogen and oxygen atoms in total. The number of rotatable bonds is 3. The summed E-state index contributed by atoms with van der Waals surface area (Å²) in [6, 6.07) is 7.08. The summed E-state index contributed by atoms with van der Waals surface area (Å²) in [5.74, 6) is 0.694. The molecule has 0 bridgehead atoms. The molecule has 1 amide bonds. The van der Waals surface area contributed by atoms with Gasteiger partial charge in [0.1, 0.15) is 5.75 Å². The summed E-state index contributed by atoms with van der Waals surface area (Å²) in [6.45, 7) is 2.11. The SMILES string of the molecule is CCOC(=O)Nc1cccc(OC)c1. The first kappa shape index (κ1) is 10.4. The fourth-order valence-electron chi connectivity index (χ4n) is 0.986. The number of amides is 1. The number of carbonyl (C=O) groups excluding carboxylic acids is 1. The third kappa shape index (κ3) is 2.97. The molecule has 0 saturated carbocycles. The summed E-state index contributed by atoms with van der Waals surface area (Å²) in [5.41, 5.74) is 0.655. The lowest BCUT2D eigenvalue weighted by molar-refractivity contribution is 0.168. The van der Waals surface area contributed by atoms with Crippen LogP contribution in [0.15, 0.2) is 24.3 Å². The fraction of sp³-hybridized carbons (Fsp3) is 0.300. The number of nitrogens with one attached hydrogen (secondary N) is 1.